The molecule has 0 spiro atoms. The van der Waals surface area contributed by atoms with Gasteiger partial charge in [-0.3, -0.25) is 9.89 Å². The van der Waals surface area contributed by atoms with Crippen LogP contribution in [0.1, 0.15) is 12.5 Å². The Kier molecular flexibility index (Phi) is 6.11. The van der Waals surface area contributed by atoms with Crippen molar-refractivity contribution in [1.82, 2.24) is 20.1 Å². The van der Waals surface area contributed by atoms with Crippen LogP contribution in [0.25, 0.3) is 11.4 Å². The molecule has 0 saturated carbocycles. The molecule has 0 unspecified atom stereocenters. The molecule has 1 heterocycles. The standard InChI is InChI=1S/C19H19BrN4OS/c1-13(18(25)24(2)12-14-8-4-3-5-9-14)26-19-21-17(22-23-19)15-10-6-7-11-16(15)20/h3-11,13H,12H2,1-2H3,(H,21,22,23)/t13-/m1/s1. The van der Waals surface area contributed by atoms with E-state index in [0.29, 0.717) is 17.5 Å². The minimum atomic E-state index is -0.272. The lowest BCUT2D eigenvalue weighted by Crippen LogP contribution is -2.32. The molecule has 3 aromatic rings. The van der Waals surface area contributed by atoms with Gasteiger partial charge in [0.25, 0.3) is 0 Å². The number of thioether (sulfide) groups is 1. The van der Waals surface area contributed by atoms with Crippen molar-refractivity contribution in [3.05, 3.63) is 64.6 Å². The highest BCUT2D eigenvalue weighted by atomic mass is 79.9. The minimum absolute atomic E-state index is 0.0473. The summed E-state index contributed by atoms with van der Waals surface area (Å²) in [6, 6.07) is 17.8. The van der Waals surface area contributed by atoms with Gasteiger partial charge in [0.1, 0.15) is 0 Å². The molecule has 1 N–H and O–H groups in total. The highest BCUT2D eigenvalue weighted by molar-refractivity contribution is 9.10. The van der Waals surface area contributed by atoms with Gasteiger partial charge in [-0.05, 0) is 18.6 Å². The van der Waals surface area contributed by atoms with Gasteiger partial charge in [0.05, 0.1) is 5.25 Å². The first-order valence-corrected chi connectivity index (χ1v) is 9.84. The van der Waals surface area contributed by atoms with E-state index < -0.39 is 0 Å². The van der Waals surface area contributed by atoms with Gasteiger partial charge in [-0.15, -0.1) is 5.10 Å². The summed E-state index contributed by atoms with van der Waals surface area (Å²) in [5, 5.41) is 7.46. The summed E-state index contributed by atoms with van der Waals surface area (Å²) in [4.78, 5) is 18.8. The van der Waals surface area contributed by atoms with Crippen LogP contribution in [-0.2, 0) is 11.3 Å². The lowest BCUT2D eigenvalue weighted by molar-refractivity contribution is -0.129. The maximum atomic E-state index is 12.6. The molecule has 26 heavy (non-hydrogen) atoms. The number of benzene rings is 2. The Morgan fingerprint density at radius 1 is 1.19 bits per heavy atom. The largest absolute Gasteiger partial charge is 0.340 e. The summed E-state index contributed by atoms with van der Waals surface area (Å²) >= 11 is 4.86. The van der Waals surface area contributed by atoms with Gasteiger partial charge in [-0.1, -0.05) is 76.2 Å². The number of hydrogen-bond acceptors (Lipinski definition) is 4. The van der Waals surface area contributed by atoms with Gasteiger partial charge in [0, 0.05) is 23.6 Å². The minimum Gasteiger partial charge on any atom is -0.340 e. The van der Waals surface area contributed by atoms with Crippen LogP contribution < -0.4 is 0 Å². The van der Waals surface area contributed by atoms with E-state index in [2.05, 4.69) is 31.1 Å². The van der Waals surface area contributed by atoms with E-state index >= 15 is 0 Å². The summed E-state index contributed by atoms with van der Waals surface area (Å²) in [5.74, 6) is 0.725. The molecule has 7 heteroatoms. The van der Waals surface area contributed by atoms with Crippen LogP contribution in [0.2, 0.25) is 0 Å². The summed E-state index contributed by atoms with van der Waals surface area (Å²) < 4.78 is 0.944. The molecule has 1 amide bonds. The fourth-order valence-electron chi connectivity index (χ4n) is 2.53. The maximum absolute atomic E-state index is 12.6. The lowest BCUT2D eigenvalue weighted by Gasteiger charge is -2.20. The zero-order valence-corrected chi connectivity index (χ0v) is 16.9. The molecule has 5 nitrogen and oxygen atoms in total. The normalized spacial score (nSPS) is 12.0. The predicted octanol–water partition coefficient (Wildman–Crippen LogP) is 4.37. The second kappa shape index (κ2) is 8.51. The van der Waals surface area contributed by atoms with Crippen LogP contribution in [0.5, 0.6) is 0 Å². The van der Waals surface area contributed by atoms with Crippen molar-refractivity contribution < 1.29 is 4.79 Å². The molecular formula is C19H19BrN4OS. The molecular weight excluding hydrogens is 412 g/mol. The van der Waals surface area contributed by atoms with Crippen LogP contribution in [-0.4, -0.2) is 38.3 Å². The van der Waals surface area contributed by atoms with E-state index in [4.69, 9.17) is 0 Å². The number of nitrogens with zero attached hydrogens (tertiary/aromatic N) is 3. The first-order chi connectivity index (χ1) is 12.5. The van der Waals surface area contributed by atoms with Crippen molar-refractivity contribution in [3.63, 3.8) is 0 Å². The number of carbonyl (C=O) groups is 1. The smallest absolute Gasteiger partial charge is 0.235 e. The highest BCUT2D eigenvalue weighted by Crippen LogP contribution is 2.28. The quantitative estimate of drug-likeness (QED) is 0.589. The molecule has 0 radical (unpaired) electrons. The molecule has 0 aliphatic carbocycles. The van der Waals surface area contributed by atoms with E-state index in [0.717, 1.165) is 15.6 Å². The summed E-state index contributed by atoms with van der Waals surface area (Å²) in [6.07, 6.45) is 0. The first kappa shape index (κ1) is 18.7. The van der Waals surface area contributed by atoms with Gasteiger partial charge < -0.3 is 4.90 Å². The van der Waals surface area contributed by atoms with Gasteiger partial charge in [-0.2, -0.15) is 0 Å². The number of nitrogens with one attached hydrogen (secondary N) is 1. The Bertz CT molecular complexity index is 884. The number of H-pyrrole nitrogens is 1. The van der Waals surface area contributed by atoms with Gasteiger partial charge >= 0.3 is 0 Å². The van der Waals surface area contributed by atoms with E-state index in [1.54, 1.807) is 4.90 Å². The van der Waals surface area contributed by atoms with E-state index in [-0.39, 0.29) is 11.2 Å². The van der Waals surface area contributed by atoms with Crippen molar-refractivity contribution in [2.75, 3.05) is 7.05 Å². The highest BCUT2D eigenvalue weighted by Gasteiger charge is 2.21. The van der Waals surface area contributed by atoms with Crippen LogP contribution in [0.15, 0.2) is 64.2 Å². The monoisotopic (exact) mass is 430 g/mol. The van der Waals surface area contributed by atoms with E-state index in [1.165, 1.54) is 11.8 Å². The molecule has 1 aromatic heterocycles. The molecule has 0 bridgehead atoms. The Balaban J connectivity index is 1.63. The number of halogens is 1. The van der Waals surface area contributed by atoms with Crippen molar-refractivity contribution in [1.29, 1.82) is 0 Å². The molecule has 1 atom stereocenters. The average Bonchev–Trinajstić information content (AvgIpc) is 3.10. The Hall–Kier alpha value is -2.12. The summed E-state index contributed by atoms with van der Waals surface area (Å²) in [5.41, 5.74) is 2.04. The third kappa shape index (κ3) is 4.53. The first-order valence-electron chi connectivity index (χ1n) is 8.17. The molecule has 0 saturated heterocycles. The second-order valence-corrected chi connectivity index (χ2v) is 8.05. The van der Waals surface area contributed by atoms with E-state index in [1.807, 2.05) is 68.6 Å². The fourth-order valence-corrected chi connectivity index (χ4v) is 3.84. The molecule has 0 aliphatic heterocycles. The average molecular weight is 431 g/mol. The van der Waals surface area contributed by atoms with Crippen molar-refractivity contribution >= 4 is 33.6 Å². The number of amides is 1. The van der Waals surface area contributed by atoms with Gasteiger partial charge in [0.2, 0.25) is 11.1 Å². The summed E-state index contributed by atoms with van der Waals surface area (Å²) in [7, 11) is 1.82. The van der Waals surface area contributed by atoms with Crippen LogP contribution >= 0.6 is 27.7 Å². The fraction of sp³-hybridized carbons (Fsp3) is 0.211. The van der Waals surface area contributed by atoms with Crippen LogP contribution in [0.4, 0.5) is 0 Å². The number of aromatic nitrogens is 3. The Morgan fingerprint density at radius 2 is 1.88 bits per heavy atom. The molecule has 0 fully saturated rings. The van der Waals surface area contributed by atoms with Crippen molar-refractivity contribution in [2.24, 2.45) is 0 Å². The topological polar surface area (TPSA) is 61.9 Å². The molecule has 2 aromatic carbocycles. The van der Waals surface area contributed by atoms with Crippen molar-refractivity contribution in [2.45, 2.75) is 23.9 Å². The zero-order valence-electron chi connectivity index (χ0n) is 14.5. The SMILES string of the molecule is C[C@@H](Sc1n[nH]c(-c2ccccc2Br)n1)C(=O)N(C)Cc1ccccc1. The number of rotatable bonds is 6. The third-order valence-electron chi connectivity index (χ3n) is 3.86. The molecule has 0 aliphatic rings. The Morgan fingerprint density at radius 3 is 2.62 bits per heavy atom. The van der Waals surface area contributed by atoms with Gasteiger partial charge in [-0.25, -0.2) is 4.98 Å². The maximum Gasteiger partial charge on any atom is 0.235 e. The molecule has 134 valence electrons. The number of aromatic amines is 1. The molecule has 3 rings (SSSR count). The zero-order chi connectivity index (χ0) is 18.5. The van der Waals surface area contributed by atoms with Crippen LogP contribution in [0, 0.1) is 0 Å². The number of carbonyl (C=O) groups excluding carboxylic acids is 1. The predicted molar refractivity (Wildman–Crippen MR) is 108 cm³/mol. The third-order valence-corrected chi connectivity index (χ3v) is 5.50. The summed E-state index contributed by atoms with van der Waals surface area (Å²) in [6.45, 7) is 2.46. The second-order valence-electron chi connectivity index (χ2n) is 5.89. The van der Waals surface area contributed by atoms with Gasteiger partial charge in [0.15, 0.2) is 5.82 Å². The Labute approximate surface area is 165 Å². The number of hydrogen-bond donors (Lipinski definition) is 1. The lowest BCUT2D eigenvalue weighted by atomic mass is 10.2. The van der Waals surface area contributed by atoms with Crippen LogP contribution in [0.3, 0.4) is 0 Å². The van der Waals surface area contributed by atoms with Crippen molar-refractivity contribution in [3.8, 4) is 11.4 Å². The van der Waals surface area contributed by atoms with E-state index in [9.17, 15) is 4.79 Å².